The Balaban J connectivity index is 2.26. The van der Waals surface area contributed by atoms with Crippen LogP contribution in [0, 0.1) is 6.92 Å². The summed E-state index contributed by atoms with van der Waals surface area (Å²) in [6.45, 7) is 4.97. The van der Waals surface area contributed by atoms with Gasteiger partial charge in [0, 0.05) is 19.0 Å². The van der Waals surface area contributed by atoms with Crippen LogP contribution in [-0.2, 0) is 4.74 Å². The number of aromatic nitrogens is 1. The number of ether oxygens (including phenoxy) is 1. The molecule has 1 aliphatic heterocycles. The van der Waals surface area contributed by atoms with E-state index in [1.165, 1.54) is 6.42 Å². The molecule has 2 rings (SSSR count). The molecule has 17 heavy (non-hydrogen) atoms. The third-order valence-electron chi connectivity index (χ3n) is 3.51. The highest BCUT2D eigenvalue weighted by Gasteiger charge is 2.37. The van der Waals surface area contributed by atoms with Crippen molar-refractivity contribution in [1.29, 1.82) is 0 Å². The molecule has 2 atom stereocenters. The number of pyridine rings is 1. The maximum atomic E-state index is 5.94. The van der Waals surface area contributed by atoms with Gasteiger partial charge in [-0.15, -0.1) is 0 Å². The van der Waals surface area contributed by atoms with Gasteiger partial charge in [0.1, 0.15) is 0 Å². The van der Waals surface area contributed by atoms with E-state index < -0.39 is 0 Å². The molecular formula is C13H21N3O. The fourth-order valence-electron chi connectivity index (χ4n) is 2.54. The topological polar surface area (TPSA) is 60.2 Å². The first-order valence-electron chi connectivity index (χ1n) is 6.17. The van der Waals surface area contributed by atoms with Crippen molar-refractivity contribution in [3.05, 3.63) is 29.6 Å². The quantitative estimate of drug-likeness (QED) is 0.620. The number of aryl methyl sites for hydroxylation is 1. The molecular weight excluding hydrogens is 214 g/mol. The molecule has 0 radical (unpaired) electrons. The van der Waals surface area contributed by atoms with Gasteiger partial charge in [0.2, 0.25) is 0 Å². The molecule has 1 aromatic rings. The second-order valence-electron chi connectivity index (χ2n) is 5.01. The Morgan fingerprint density at radius 1 is 1.47 bits per heavy atom. The van der Waals surface area contributed by atoms with Gasteiger partial charge in [-0.2, -0.15) is 0 Å². The zero-order valence-electron chi connectivity index (χ0n) is 10.6. The van der Waals surface area contributed by atoms with Crippen LogP contribution in [0.4, 0.5) is 0 Å². The molecule has 1 aromatic heterocycles. The molecule has 1 fully saturated rings. The van der Waals surface area contributed by atoms with Crippen LogP contribution in [0.3, 0.4) is 0 Å². The monoisotopic (exact) mass is 235 g/mol. The maximum absolute atomic E-state index is 5.94. The summed E-state index contributed by atoms with van der Waals surface area (Å²) in [4.78, 5) is 4.23. The number of rotatable bonds is 3. The molecule has 2 heterocycles. The normalized spacial score (nSPS) is 26.8. The molecule has 0 saturated carbocycles. The second kappa shape index (κ2) is 5.12. The van der Waals surface area contributed by atoms with Gasteiger partial charge in [0.05, 0.1) is 11.6 Å². The molecule has 2 unspecified atom stereocenters. The smallest absolute Gasteiger partial charge is 0.0861 e. The molecule has 1 saturated heterocycles. The average molecular weight is 235 g/mol. The van der Waals surface area contributed by atoms with Crippen LogP contribution in [0.2, 0.25) is 0 Å². The number of hydrogen-bond acceptors (Lipinski definition) is 4. The fourth-order valence-corrected chi connectivity index (χ4v) is 2.54. The van der Waals surface area contributed by atoms with Crippen molar-refractivity contribution in [3.63, 3.8) is 0 Å². The Kier molecular flexibility index (Phi) is 3.76. The van der Waals surface area contributed by atoms with Crippen LogP contribution in [-0.4, -0.2) is 17.2 Å². The molecule has 94 valence electrons. The Morgan fingerprint density at radius 3 is 2.88 bits per heavy atom. The summed E-state index contributed by atoms with van der Waals surface area (Å²) < 4.78 is 5.94. The van der Waals surface area contributed by atoms with Crippen LogP contribution >= 0.6 is 0 Å². The van der Waals surface area contributed by atoms with Crippen molar-refractivity contribution in [3.8, 4) is 0 Å². The fraction of sp³-hybridized carbons (Fsp3) is 0.615. The first-order chi connectivity index (χ1) is 8.15. The minimum atomic E-state index is -0.234. The van der Waals surface area contributed by atoms with Crippen molar-refractivity contribution < 1.29 is 4.74 Å². The maximum Gasteiger partial charge on any atom is 0.0861 e. The van der Waals surface area contributed by atoms with Crippen molar-refractivity contribution in [2.75, 3.05) is 6.61 Å². The van der Waals surface area contributed by atoms with Crippen molar-refractivity contribution in [1.82, 2.24) is 10.4 Å². The highest BCUT2D eigenvalue weighted by Crippen LogP contribution is 2.35. The first kappa shape index (κ1) is 12.5. The van der Waals surface area contributed by atoms with Crippen molar-refractivity contribution in [2.24, 2.45) is 5.84 Å². The van der Waals surface area contributed by atoms with Crippen LogP contribution in [0.15, 0.2) is 18.5 Å². The number of nitrogens with two attached hydrogens (primary N) is 1. The minimum Gasteiger partial charge on any atom is -0.373 e. The average Bonchev–Trinajstić information content (AvgIpc) is 2.30. The summed E-state index contributed by atoms with van der Waals surface area (Å²) in [5.41, 5.74) is 4.89. The predicted octanol–water partition coefficient (Wildman–Crippen LogP) is 1.85. The Labute approximate surface area is 103 Å². The molecule has 0 aromatic carbocycles. The summed E-state index contributed by atoms with van der Waals surface area (Å²) in [6.07, 6.45) is 7.06. The van der Waals surface area contributed by atoms with Gasteiger partial charge in [-0.1, -0.05) is 6.07 Å². The summed E-state index contributed by atoms with van der Waals surface area (Å²) in [5, 5.41) is 0. The van der Waals surface area contributed by atoms with E-state index in [1.807, 2.05) is 19.3 Å². The zero-order chi connectivity index (χ0) is 12.3. The lowest BCUT2D eigenvalue weighted by Gasteiger charge is -2.40. The third-order valence-corrected chi connectivity index (χ3v) is 3.51. The highest BCUT2D eigenvalue weighted by molar-refractivity contribution is 5.23. The van der Waals surface area contributed by atoms with Gasteiger partial charge >= 0.3 is 0 Å². The molecule has 0 amide bonds. The first-order valence-corrected chi connectivity index (χ1v) is 6.17. The van der Waals surface area contributed by atoms with E-state index in [-0.39, 0.29) is 11.6 Å². The molecule has 0 bridgehead atoms. The SMILES string of the molecule is Cc1cncc(C(NN)C2(C)CCCCO2)c1. The van der Waals surface area contributed by atoms with E-state index in [9.17, 15) is 0 Å². The zero-order valence-corrected chi connectivity index (χ0v) is 10.6. The number of nitrogens with zero attached hydrogens (tertiary/aromatic N) is 1. The summed E-state index contributed by atoms with van der Waals surface area (Å²) in [6, 6.07) is 2.11. The van der Waals surface area contributed by atoms with Gasteiger partial charge < -0.3 is 4.74 Å². The molecule has 1 aliphatic rings. The Bertz CT molecular complexity index is 375. The summed E-state index contributed by atoms with van der Waals surface area (Å²) >= 11 is 0. The molecule has 0 spiro atoms. The second-order valence-corrected chi connectivity index (χ2v) is 5.01. The Morgan fingerprint density at radius 2 is 2.29 bits per heavy atom. The molecule has 0 aliphatic carbocycles. The van der Waals surface area contributed by atoms with Crippen LogP contribution in [0.5, 0.6) is 0 Å². The lowest BCUT2D eigenvalue weighted by Crippen LogP contribution is -2.48. The number of nitrogens with one attached hydrogen (secondary N) is 1. The number of hydrazine groups is 1. The van der Waals surface area contributed by atoms with E-state index in [2.05, 4.69) is 23.4 Å². The lowest BCUT2D eigenvalue weighted by atomic mass is 9.85. The van der Waals surface area contributed by atoms with Crippen LogP contribution < -0.4 is 11.3 Å². The molecule has 4 nitrogen and oxygen atoms in total. The van der Waals surface area contributed by atoms with E-state index >= 15 is 0 Å². The molecule has 4 heteroatoms. The highest BCUT2D eigenvalue weighted by atomic mass is 16.5. The van der Waals surface area contributed by atoms with Gasteiger partial charge in [-0.3, -0.25) is 16.3 Å². The third kappa shape index (κ3) is 2.65. The van der Waals surface area contributed by atoms with Gasteiger partial charge in [-0.25, -0.2) is 0 Å². The van der Waals surface area contributed by atoms with Crippen LogP contribution in [0.25, 0.3) is 0 Å². The summed E-state index contributed by atoms with van der Waals surface area (Å²) in [5.74, 6) is 5.71. The van der Waals surface area contributed by atoms with Gasteiger partial charge in [-0.05, 0) is 44.2 Å². The minimum absolute atomic E-state index is 0.00444. The van der Waals surface area contributed by atoms with Gasteiger partial charge in [0.15, 0.2) is 0 Å². The van der Waals surface area contributed by atoms with E-state index in [1.54, 1.807) is 0 Å². The summed E-state index contributed by atoms with van der Waals surface area (Å²) in [7, 11) is 0. The van der Waals surface area contributed by atoms with Crippen molar-refractivity contribution >= 4 is 0 Å². The van der Waals surface area contributed by atoms with Crippen LogP contribution in [0.1, 0.15) is 43.4 Å². The van der Waals surface area contributed by atoms with E-state index in [0.717, 1.165) is 30.6 Å². The van der Waals surface area contributed by atoms with E-state index in [4.69, 9.17) is 10.6 Å². The standard InChI is InChI=1S/C13H21N3O/c1-10-7-11(9-15-8-10)12(16-14)13(2)5-3-4-6-17-13/h7-9,12,16H,3-6,14H2,1-2H3. The van der Waals surface area contributed by atoms with Crippen molar-refractivity contribution in [2.45, 2.75) is 44.8 Å². The Hall–Kier alpha value is -0.970. The lowest BCUT2D eigenvalue weighted by molar-refractivity contribution is -0.0899. The predicted molar refractivity (Wildman–Crippen MR) is 67.2 cm³/mol. The largest absolute Gasteiger partial charge is 0.373 e. The molecule has 3 N–H and O–H groups in total. The van der Waals surface area contributed by atoms with Gasteiger partial charge in [0.25, 0.3) is 0 Å². The van der Waals surface area contributed by atoms with E-state index in [0.29, 0.717) is 0 Å². The number of hydrogen-bond donors (Lipinski definition) is 2.